The first-order valence-electron chi connectivity index (χ1n) is 10.1. The van der Waals surface area contributed by atoms with Gasteiger partial charge in [0.25, 0.3) is 0 Å². The van der Waals surface area contributed by atoms with Crippen LogP contribution in [0.25, 0.3) is 0 Å². The molecule has 0 fully saturated rings. The Morgan fingerprint density at radius 2 is 1.86 bits per heavy atom. The zero-order valence-corrected chi connectivity index (χ0v) is 18.2. The number of nitrogens with one attached hydrogen (secondary N) is 2. The maximum atomic E-state index is 5.43. The topological polar surface area (TPSA) is 75.3 Å². The fraction of sp³-hybridized carbons (Fsp3) is 0.409. The molecule has 154 valence electrons. The summed E-state index contributed by atoms with van der Waals surface area (Å²) in [5, 5.41) is 14.1. The average molecular weight is 412 g/mol. The Bertz CT molecular complexity index is 895. The molecule has 0 amide bonds. The van der Waals surface area contributed by atoms with E-state index in [2.05, 4.69) is 64.3 Å². The highest BCUT2D eigenvalue weighted by Gasteiger charge is 2.13. The standard InChI is InChI=1S/C22H29N5OS/c1-4-19-18(20(5-2)28-27-19)14-25-22(23-3)24-13-17-15-29-21(26-17)12-11-16-9-7-6-8-10-16/h6-10,15H,4-5,11-14H2,1-3H3,(H2,23,24,25). The van der Waals surface area contributed by atoms with Gasteiger partial charge in [-0.1, -0.05) is 49.3 Å². The van der Waals surface area contributed by atoms with Crippen LogP contribution in [-0.2, 0) is 38.8 Å². The van der Waals surface area contributed by atoms with Gasteiger partial charge in [-0.05, 0) is 18.4 Å². The van der Waals surface area contributed by atoms with Crippen LogP contribution in [0.2, 0.25) is 0 Å². The van der Waals surface area contributed by atoms with Crippen LogP contribution >= 0.6 is 11.3 Å². The Labute approximate surface area is 176 Å². The summed E-state index contributed by atoms with van der Waals surface area (Å²) >= 11 is 1.72. The highest BCUT2D eigenvalue weighted by molar-refractivity contribution is 7.09. The molecule has 0 aliphatic rings. The molecule has 0 saturated carbocycles. The van der Waals surface area contributed by atoms with Crippen molar-refractivity contribution in [1.29, 1.82) is 0 Å². The fourth-order valence-corrected chi connectivity index (χ4v) is 3.94. The number of hydrogen-bond acceptors (Lipinski definition) is 5. The molecule has 1 aromatic carbocycles. The first kappa shape index (κ1) is 21.0. The van der Waals surface area contributed by atoms with Gasteiger partial charge < -0.3 is 15.2 Å². The van der Waals surface area contributed by atoms with E-state index >= 15 is 0 Å². The minimum atomic E-state index is 0.645. The molecular weight excluding hydrogens is 382 g/mol. The van der Waals surface area contributed by atoms with Crippen LogP contribution in [0, 0.1) is 0 Å². The van der Waals surface area contributed by atoms with Crippen molar-refractivity contribution in [2.45, 2.75) is 52.6 Å². The molecule has 0 spiro atoms. The Hall–Kier alpha value is -2.67. The molecule has 2 heterocycles. The van der Waals surface area contributed by atoms with Gasteiger partial charge in [0.2, 0.25) is 0 Å². The van der Waals surface area contributed by atoms with Crippen molar-refractivity contribution < 1.29 is 4.52 Å². The maximum Gasteiger partial charge on any atom is 0.191 e. The molecule has 3 aromatic rings. The van der Waals surface area contributed by atoms with Crippen LogP contribution in [0.5, 0.6) is 0 Å². The second-order valence-electron chi connectivity index (χ2n) is 6.74. The van der Waals surface area contributed by atoms with Crippen molar-refractivity contribution in [3.63, 3.8) is 0 Å². The number of hydrogen-bond donors (Lipinski definition) is 2. The Morgan fingerprint density at radius 1 is 1.07 bits per heavy atom. The molecule has 29 heavy (non-hydrogen) atoms. The van der Waals surface area contributed by atoms with E-state index < -0.39 is 0 Å². The Balaban J connectivity index is 1.49. The Morgan fingerprint density at radius 3 is 2.59 bits per heavy atom. The highest BCUT2D eigenvalue weighted by Crippen LogP contribution is 2.16. The van der Waals surface area contributed by atoms with Gasteiger partial charge in [0.1, 0.15) is 5.76 Å². The SMILES string of the molecule is CCc1noc(CC)c1CNC(=NC)NCc1csc(CCc2ccccc2)n1. The zero-order chi connectivity index (χ0) is 20.5. The minimum Gasteiger partial charge on any atom is -0.361 e. The van der Waals surface area contributed by atoms with Crippen LogP contribution in [0.1, 0.15) is 47.1 Å². The van der Waals surface area contributed by atoms with Crippen molar-refractivity contribution in [2.24, 2.45) is 4.99 Å². The van der Waals surface area contributed by atoms with E-state index in [1.807, 2.05) is 6.07 Å². The van der Waals surface area contributed by atoms with Gasteiger partial charge in [-0.25, -0.2) is 4.98 Å². The summed E-state index contributed by atoms with van der Waals surface area (Å²) in [7, 11) is 1.77. The van der Waals surface area contributed by atoms with E-state index in [1.165, 1.54) is 10.6 Å². The molecule has 0 atom stereocenters. The number of aromatic nitrogens is 2. The number of aliphatic imine (C=N–C) groups is 1. The summed E-state index contributed by atoms with van der Waals surface area (Å²) in [6.07, 6.45) is 3.68. The van der Waals surface area contributed by atoms with Gasteiger partial charge in [0.05, 0.1) is 22.9 Å². The molecule has 0 bridgehead atoms. The number of aryl methyl sites for hydroxylation is 4. The molecule has 0 radical (unpaired) electrons. The Kier molecular flexibility index (Phi) is 7.81. The van der Waals surface area contributed by atoms with Gasteiger partial charge in [-0.3, -0.25) is 4.99 Å². The minimum absolute atomic E-state index is 0.645. The van der Waals surface area contributed by atoms with Crippen LogP contribution in [0.3, 0.4) is 0 Å². The molecular formula is C22H29N5OS. The van der Waals surface area contributed by atoms with Crippen LogP contribution < -0.4 is 10.6 Å². The van der Waals surface area contributed by atoms with Crippen molar-refractivity contribution in [1.82, 2.24) is 20.8 Å². The monoisotopic (exact) mass is 411 g/mol. The average Bonchev–Trinajstić information content (AvgIpc) is 3.39. The summed E-state index contributed by atoms with van der Waals surface area (Å²) in [5.74, 6) is 1.68. The first-order valence-corrected chi connectivity index (χ1v) is 11.0. The lowest BCUT2D eigenvalue weighted by atomic mass is 10.1. The van der Waals surface area contributed by atoms with E-state index in [4.69, 9.17) is 9.51 Å². The number of guanidine groups is 1. The normalized spacial score (nSPS) is 11.6. The second kappa shape index (κ2) is 10.8. The lowest BCUT2D eigenvalue weighted by molar-refractivity contribution is 0.380. The van der Waals surface area contributed by atoms with E-state index in [0.717, 1.165) is 54.4 Å². The number of rotatable bonds is 9. The molecule has 2 N–H and O–H groups in total. The van der Waals surface area contributed by atoms with Crippen molar-refractivity contribution in [3.8, 4) is 0 Å². The number of nitrogens with zero attached hydrogens (tertiary/aromatic N) is 3. The highest BCUT2D eigenvalue weighted by atomic mass is 32.1. The van der Waals surface area contributed by atoms with Crippen LogP contribution in [0.15, 0.2) is 45.2 Å². The molecule has 0 unspecified atom stereocenters. The predicted molar refractivity (Wildman–Crippen MR) is 118 cm³/mol. The predicted octanol–water partition coefficient (Wildman–Crippen LogP) is 3.91. The number of benzene rings is 1. The van der Waals surface area contributed by atoms with E-state index in [0.29, 0.717) is 13.1 Å². The number of thiazole rings is 1. The third-order valence-corrected chi connectivity index (χ3v) is 5.73. The first-order chi connectivity index (χ1) is 14.2. The van der Waals surface area contributed by atoms with Crippen LogP contribution in [0.4, 0.5) is 0 Å². The van der Waals surface area contributed by atoms with Crippen molar-refractivity contribution >= 4 is 17.3 Å². The fourth-order valence-electron chi connectivity index (χ4n) is 3.15. The van der Waals surface area contributed by atoms with E-state index in [9.17, 15) is 0 Å². The summed E-state index contributed by atoms with van der Waals surface area (Å²) in [6.45, 7) is 5.46. The molecule has 0 aliphatic carbocycles. The van der Waals surface area contributed by atoms with Crippen molar-refractivity contribution in [2.75, 3.05) is 7.05 Å². The van der Waals surface area contributed by atoms with Crippen molar-refractivity contribution in [3.05, 3.63) is 69.0 Å². The van der Waals surface area contributed by atoms with Gasteiger partial charge in [-0.15, -0.1) is 11.3 Å². The van der Waals surface area contributed by atoms with Gasteiger partial charge in [0.15, 0.2) is 5.96 Å². The van der Waals surface area contributed by atoms with Gasteiger partial charge >= 0.3 is 0 Å². The summed E-state index contributed by atoms with van der Waals surface area (Å²) in [5.41, 5.74) is 4.52. The maximum absolute atomic E-state index is 5.43. The smallest absolute Gasteiger partial charge is 0.191 e. The molecule has 3 rings (SSSR count). The zero-order valence-electron chi connectivity index (χ0n) is 17.4. The lowest BCUT2D eigenvalue weighted by Crippen LogP contribution is -2.36. The molecule has 7 heteroatoms. The van der Waals surface area contributed by atoms with Gasteiger partial charge in [-0.2, -0.15) is 0 Å². The van der Waals surface area contributed by atoms with Gasteiger partial charge in [0, 0.05) is 37.4 Å². The third kappa shape index (κ3) is 5.90. The summed E-state index contributed by atoms with van der Waals surface area (Å²) < 4.78 is 5.43. The largest absolute Gasteiger partial charge is 0.361 e. The lowest BCUT2D eigenvalue weighted by Gasteiger charge is -2.11. The molecule has 0 saturated heterocycles. The quantitative estimate of drug-likeness (QED) is 0.412. The molecule has 0 aliphatic heterocycles. The van der Waals surface area contributed by atoms with E-state index in [-0.39, 0.29) is 0 Å². The third-order valence-electron chi connectivity index (χ3n) is 4.77. The molecule has 2 aromatic heterocycles. The van der Waals surface area contributed by atoms with Crippen LogP contribution in [-0.4, -0.2) is 23.1 Å². The summed E-state index contributed by atoms with van der Waals surface area (Å²) in [4.78, 5) is 9.06. The second-order valence-corrected chi connectivity index (χ2v) is 7.68. The summed E-state index contributed by atoms with van der Waals surface area (Å²) in [6, 6.07) is 10.5. The molecule has 6 nitrogen and oxygen atoms in total. The van der Waals surface area contributed by atoms with E-state index in [1.54, 1.807) is 18.4 Å².